The number of benzene rings is 2. The van der Waals surface area contributed by atoms with Gasteiger partial charge in [0.25, 0.3) is 6.01 Å². The van der Waals surface area contributed by atoms with E-state index in [1.165, 1.54) is 0 Å². The molecule has 0 aliphatic heterocycles. The van der Waals surface area contributed by atoms with E-state index in [2.05, 4.69) is 10.3 Å². The average molecular weight is 295 g/mol. The van der Waals surface area contributed by atoms with E-state index in [-0.39, 0.29) is 0 Å². The summed E-state index contributed by atoms with van der Waals surface area (Å²) in [5.41, 5.74) is 9.00. The Morgan fingerprint density at radius 1 is 1.09 bits per heavy atom. The Bertz CT molecular complexity index is 733. The minimum atomic E-state index is 0.441. The lowest BCUT2D eigenvalue weighted by atomic mass is 10.1. The largest absolute Gasteiger partial charge is 0.494 e. The summed E-state index contributed by atoms with van der Waals surface area (Å²) in [6.45, 7) is 2.61. The number of nitrogens with two attached hydrogens (primary N) is 1. The summed E-state index contributed by atoms with van der Waals surface area (Å²) in [5.74, 6) is 0.836. The predicted octanol–water partition coefficient (Wildman–Crippen LogP) is 4.07. The van der Waals surface area contributed by atoms with E-state index >= 15 is 0 Å². The van der Waals surface area contributed by atoms with Gasteiger partial charge in [-0.25, -0.2) is 0 Å². The molecule has 2 aromatic carbocycles. The Kier molecular flexibility index (Phi) is 3.96. The molecule has 0 spiro atoms. The molecule has 0 radical (unpaired) electrons. The molecule has 0 saturated carbocycles. The van der Waals surface area contributed by atoms with Gasteiger partial charge in [-0.3, -0.25) is 0 Å². The second-order valence-electron chi connectivity index (χ2n) is 4.74. The summed E-state index contributed by atoms with van der Waals surface area (Å²) < 4.78 is 10.9. The van der Waals surface area contributed by atoms with E-state index in [1.807, 2.05) is 55.5 Å². The number of rotatable bonds is 5. The zero-order valence-electron chi connectivity index (χ0n) is 12.2. The van der Waals surface area contributed by atoms with Gasteiger partial charge in [0.2, 0.25) is 0 Å². The third-order valence-electron chi connectivity index (χ3n) is 3.13. The number of anilines is 3. The van der Waals surface area contributed by atoms with Crippen LogP contribution in [0.2, 0.25) is 0 Å². The lowest BCUT2D eigenvalue weighted by molar-refractivity contribution is 0.340. The molecule has 22 heavy (non-hydrogen) atoms. The van der Waals surface area contributed by atoms with Gasteiger partial charge >= 0.3 is 0 Å². The number of nitrogen functional groups attached to an aromatic ring is 1. The molecule has 0 bridgehead atoms. The van der Waals surface area contributed by atoms with Gasteiger partial charge in [0.05, 0.1) is 6.61 Å². The minimum absolute atomic E-state index is 0.441. The number of hydrogen-bond acceptors (Lipinski definition) is 5. The first-order valence-corrected chi connectivity index (χ1v) is 7.06. The van der Waals surface area contributed by atoms with Crippen molar-refractivity contribution in [2.45, 2.75) is 6.92 Å². The van der Waals surface area contributed by atoms with Gasteiger partial charge in [0, 0.05) is 16.9 Å². The summed E-state index contributed by atoms with van der Waals surface area (Å²) in [6.07, 6.45) is 1.61. The van der Waals surface area contributed by atoms with Gasteiger partial charge in [0.15, 0.2) is 0 Å². The van der Waals surface area contributed by atoms with Crippen molar-refractivity contribution >= 4 is 17.4 Å². The van der Waals surface area contributed by atoms with Crippen molar-refractivity contribution in [1.82, 2.24) is 4.98 Å². The molecule has 0 atom stereocenters. The van der Waals surface area contributed by atoms with Crippen LogP contribution >= 0.6 is 0 Å². The Morgan fingerprint density at radius 2 is 1.82 bits per heavy atom. The van der Waals surface area contributed by atoms with E-state index in [4.69, 9.17) is 14.9 Å². The molecule has 3 rings (SSSR count). The van der Waals surface area contributed by atoms with E-state index < -0.39 is 0 Å². The molecule has 3 aromatic rings. The number of oxazole rings is 1. The standard InChI is InChI=1S/C17H17N3O2/c1-2-21-15-9-7-14(8-10-15)19-17-20-16(11-22-17)12-3-5-13(18)6-4-12/h3-11H,2,18H2,1H3,(H,19,20). The molecule has 0 amide bonds. The highest BCUT2D eigenvalue weighted by molar-refractivity contribution is 5.63. The molecule has 5 heteroatoms. The zero-order valence-corrected chi connectivity index (χ0v) is 12.2. The van der Waals surface area contributed by atoms with Gasteiger partial charge < -0.3 is 20.2 Å². The predicted molar refractivity (Wildman–Crippen MR) is 87.2 cm³/mol. The number of nitrogens with zero attached hydrogens (tertiary/aromatic N) is 1. The van der Waals surface area contributed by atoms with Crippen molar-refractivity contribution < 1.29 is 9.15 Å². The van der Waals surface area contributed by atoms with Crippen molar-refractivity contribution in [3.63, 3.8) is 0 Å². The minimum Gasteiger partial charge on any atom is -0.494 e. The fraction of sp³-hybridized carbons (Fsp3) is 0.118. The smallest absolute Gasteiger partial charge is 0.299 e. The van der Waals surface area contributed by atoms with Crippen LogP contribution in [-0.4, -0.2) is 11.6 Å². The zero-order chi connectivity index (χ0) is 15.4. The first-order chi connectivity index (χ1) is 10.7. The van der Waals surface area contributed by atoms with Crippen molar-refractivity contribution in [3.8, 4) is 17.0 Å². The number of hydrogen-bond donors (Lipinski definition) is 2. The molecular weight excluding hydrogens is 278 g/mol. The summed E-state index contributed by atoms with van der Waals surface area (Å²) >= 11 is 0. The topological polar surface area (TPSA) is 73.3 Å². The molecule has 0 saturated heterocycles. The van der Waals surface area contributed by atoms with Crippen LogP contribution in [0.3, 0.4) is 0 Å². The molecule has 0 unspecified atom stereocenters. The first-order valence-electron chi connectivity index (χ1n) is 7.06. The second-order valence-corrected chi connectivity index (χ2v) is 4.74. The summed E-state index contributed by atoms with van der Waals surface area (Å²) in [7, 11) is 0. The van der Waals surface area contributed by atoms with Crippen LogP contribution in [0.25, 0.3) is 11.3 Å². The third kappa shape index (κ3) is 3.20. The van der Waals surface area contributed by atoms with E-state index in [9.17, 15) is 0 Å². The molecule has 112 valence electrons. The second kappa shape index (κ2) is 6.22. The van der Waals surface area contributed by atoms with Crippen molar-refractivity contribution in [3.05, 3.63) is 54.8 Å². The highest BCUT2D eigenvalue weighted by Crippen LogP contribution is 2.24. The van der Waals surface area contributed by atoms with Crippen molar-refractivity contribution in [1.29, 1.82) is 0 Å². The van der Waals surface area contributed by atoms with Gasteiger partial charge in [-0.15, -0.1) is 0 Å². The molecule has 1 aromatic heterocycles. The van der Waals surface area contributed by atoms with Gasteiger partial charge in [-0.2, -0.15) is 4.98 Å². The van der Waals surface area contributed by atoms with Crippen LogP contribution in [0.5, 0.6) is 5.75 Å². The summed E-state index contributed by atoms with van der Waals surface area (Å²) in [5, 5.41) is 3.12. The lowest BCUT2D eigenvalue weighted by Crippen LogP contribution is -1.93. The monoisotopic (exact) mass is 295 g/mol. The van der Waals surface area contributed by atoms with Crippen molar-refractivity contribution in [2.24, 2.45) is 0 Å². The third-order valence-corrected chi connectivity index (χ3v) is 3.13. The van der Waals surface area contributed by atoms with E-state index in [1.54, 1.807) is 6.26 Å². The maximum absolute atomic E-state index is 5.68. The van der Waals surface area contributed by atoms with Crippen LogP contribution < -0.4 is 15.8 Å². The Balaban J connectivity index is 1.72. The number of aromatic nitrogens is 1. The van der Waals surface area contributed by atoms with Crippen molar-refractivity contribution in [2.75, 3.05) is 17.7 Å². The Hall–Kier alpha value is -2.95. The molecule has 5 nitrogen and oxygen atoms in total. The molecule has 0 fully saturated rings. The summed E-state index contributed by atoms with van der Waals surface area (Å²) in [4.78, 5) is 4.41. The normalized spacial score (nSPS) is 10.4. The summed E-state index contributed by atoms with van der Waals surface area (Å²) in [6, 6.07) is 15.6. The Labute approximate surface area is 128 Å². The Morgan fingerprint density at radius 3 is 2.50 bits per heavy atom. The quantitative estimate of drug-likeness (QED) is 0.694. The van der Waals surface area contributed by atoms with Crippen LogP contribution in [0, 0.1) is 0 Å². The fourth-order valence-electron chi connectivity index (χ4n) is 2.04. The molecular formula is C17H17N3O2. The highest BCUT2D eigenvalue weighted by atomic mass is 16.5. The average Bonchev–Trinajstić information content (AvgIpc) is 2.99. The van der Waals surface area contributed by atoms with Crippen LogP contribution in [0.4, 0.5) is 17.4 Å². The fourth-order valence-corrected chi connectivity index (χ4v) is 2.04. The van der Waals surface area contributed by atoms with Crippen LogP contribution in [0.15, 0.2) is 59.2 Å². The highest BCUT2D eigenvalue weighted by Gasteiger charge is 2.06. The van der Waals surface area contributed by atoms with E-state index in [0.29, 0.717) is 12.6 Å². The van der Waals surface area contributed by atoms with Gasteiger partial charge in [-0.1, -0.05) is 12.1 Å². The first kappa shape index (κ1) is 14.0. The number of nitrogens with one attached hydrogen (secondary N) is 1. The van der Waals surface area contributed by atoms with Gasteiger partial charge in [-0.05, 0) is 43.3 Å². The molecule has 0 aliphatic carbocycles. The van der Waals surface area contributed by atoms with E-state index in [0.717, 1.165) is 28.4 Å². The lowest BCUT2D eigenvalue weighted by Gasteiger charge is -2.04. The van der Waals surface area contributed by atoms with Gasteiger partial charge in [0.1, 0.15) is 17.7 Å². The maximum atomic E-state index is 5.68. The van der Waals surface area contributed by atoms with Crippen LogP contribution in [-0.2, 0) is 0 Å². The van der Waals surface area contributed by atoms with Crippen LogP contribution in [0.1, 0.15) is 6.92 Å². The molecule has 0 aliphatic rings. The maximum Gasteiger partial charge on any atom is 0.299 e. The molecule has 3 N–H and O–H groups in total. The number of ether oxygens (including phenoxy) is 1. The SMILES string of the molecule is CCOc1ccc(Nc2nc(-c3ccc(N)cc3)co2)cc1. The molecule has 1 heterocycles.